The first-order chi connectivity index (χ1) is 12.4. The summed E-state index contributed by atoms with van der Waals surface area (Å²) in [5, 5.41) is 12.2. The second-order valence-corrected chi connectivity index (χ2v) is 6.37. The molecular formula is C21H25NO4. The van der Waals surface area contributed by atoms with Gasteiger partial charge in [-0.15, -0.1) is 0 Å². The van der Waals surface area contributed by atoms with E-state index in [-0.39, 0.29) is 5.91 Å². The van der Waals surface area contributed by atoms with E-state index in [0.717, 1.165) is 16.9 Å². The van der Waals surface area contributed by atoms with Crippen molar-refractivity contribution in [2.75, 3.05) is 11.9 Å². The van der Waals surface area contributed by atoms with Gasteiger partial charge in [-0.1, -0.05) is 36.8 Å². The Hall–Kier alpha value is -2.82. The molecule has 138 valence electrons. The number of hydrogen-bond donors (Lipinski definition) is 2. The van der Waals surface area contributed by atoms with E-state index in [9.17, 15) is 14.7 Å². The molecule has 0 fully saturated rings. The molecule has 0 unspecified atom stereocenters. The van der Waals surface area contributed by atoms with Gasteiger partial charge in [0, 0.05) is 5.69 Å². The highest BCUT2D eigenvalue weighted by molar-refractivity contribution is 5.95. The summed E-state index contributed by atoms with van der Waals surface area (Å²) in [7, 11) is 0. The summed E-state index contributed by atoms with van der Waals surface area (Å²) in [4.78, 5) is 24.2. The number of nitrogens with one attached hydrogen (secondary N) is 1. The van der Waals surface area contributed by atoms with Crippen molar-refractivity contribution in [3.05, 3.63) is 59.7 Å². The molecular weight excluding hydrogens is 330 g/mol. The summed E-state index contributed by atoms with van der Waals surface area (Å²) in [6, 6.07) is 14.8. The molecule has 0 aromatic heterocycles. The first kappa shape index (κ1) is 19.5. The van der Waals surface area contributed by atoms with Crippen molar-refractivity contribution in [2.24, 2.45) is 11.8 Å². The molecule has 1 amide bonds. The number of aliphatic carboxylic acids is 1. The van der Waals surface area contributed by atoms with Crippen LogP contribution in [0, 0.1) is 18.8 Å². The van der Waals surface area contributed by atoms with Crippen LogP contribution in [0.15, 0.2) is 48.5 Å². The molecule has 26 heavy (non-hydrogen) atoms. The Morgan fingerprint density at radius 2 is 1.69 bits per heavy atom. The molecule has 0 saturated heterocycles. The third kappa shape index (κ3) is 5.34. The van der Waals surface area contributed by atoms with Crippen LogP contribution in [-0.2, 0) is 16.0 Å². The highest BCUT2D eigenvalue weighted by Gasteiger charge is 2.30. The first-order valence-corrected chi connectivity index (χ1v) is 8.72. The fraction of sp³-hybridized carbons (Fsp3) is 0.333. The second kappa shape index (κ2) is 9.04. The minimum atomic E-state index is -0.982. The maximum Gasteiger partial charge on any atom is 0.307 e. The number of carbonyl (C=O) groups is 2. The summed E-state index contributed by atoms with van der Waals surface area (Å²) in [6.45, 7) is 6.03. The fourth-order valence-corrected chi connectivity index (χ4v) is 2.68. The van der Waals surface area contributed by atoms with Crippen molar-refractivity contribution >= 4 is 17.6 Å². The van der Waals surface area contributed by atoms with Gasteiger partial charge in [0.1, 0.15) is 5.75 Å². The standard InChI is InChI=1S/C21H25NO4/c1-4-26-18-11-9-17(10-12-18)22-20(23)19(15(3)21(24)25)13-16-7-5-14(2)6-8-16/h5-12,15,19H,4,13H2,1-3H3,(H,22,23)(H,24,25)/t15-,19-/m0/s1. The summed E-state index contributed by atoms with van der Waals surface area (Å²) < 4.78 is 5.38. The number of hydrogen-bond acceptors (Lipinski definition) is 3. The largest absolute Gasteiger partial charge is 0.494 e. The number of carboxylic acids is 1. The predicted molar refractivity (Wildman–Crippen MR) is 101 cm³/mol. The van der Waals surface area contributed by atoms with Gasteiger partial charge in [-0.25, -0.2) is 0 Å². The molecule has 0 radical (unpaired) electrons. The molecule has 2 atom stereocenters. The lowest BCUT2D eigenvalue weighted by Gasteiger charge is -2.21. The number of amides is 1. The van der Waals surface area contributed by atoms with Crippen molar-refractivity contribution in [3.8, 4) is 5.75 Å². The van der Waals surface area contributed by atoms with Crippen molar-refractivity contribution in [1.29, 1.82) is 0 Å². The molecule has 2 N–H and O–H groups in total. The van der Waals surface area contributed by atoms with Crippen molar-refractivity contribution < 1.29 is 19.4 Å². The van der Waals surface area contributed by atoms with Gasteiger partial charge in [-0.3, -0.25) is 9.59 Å². The number of ether oxygens (including phenoxy) is 1. The maximum atomic E-state index is 12.7. The molecule has 0 aliphatic carbocycles. The van der Waals surface area contributed by atoms with E-state index in [0.29, 0.717) is 18.7 Å². The zero-order valence-corrected chi connectivity index (χ0v) is 15.4. The number of anilines is 1. The third-order valence-electron chi connectivity index (χ3n) is 4.34. The number of carbonyl (C=O) groups excluding carboxylic acids is 1. The van der Waals surface area contributed by atoms with E-state index in [1.165, 1.54) is 0 Å². The van der Waals surface area contributed by atoms with Gasteiger partial charge in [-0.05, 0) is 50.1 Å². The van der Waals surface area contributed by atoms with Gasteiger partial charge in [0.25, 0.3) is 0 Å². The molecule has 0 spiro atoms. The second-order valence-electron chi connectivity index (χ2n) is 6.37. The third-order valence-corrected chi connectivity index (χ3v) is 4.34. The van der Waals surface area contributed by atoms with E-state index in [1.807, 2.05) is 38.1 Å². The van der Waals surface area contributed by atoms with Crippen molar-refractivity contribution in [2.45, 2.75) is 27.2 Å². The van der Waals surface area contributed by atoms with Crippen molar-refractivity contribution in [1.82, 2.24) is 0 Å². The molecule has 2 rings (SSSR count). The molecule has 5 heteroatoms. The average Bonchev–Trinajstić information content (AvgIpc) is 2.62. The van der Waals surface area contributed by atoms with Gasteiger partial charge in [-0.2, -0.15) is 0 Å². The Morgan fingerprint density at radius 1 is 1.08 bits per heavy atom. The highest BCUT2D eigenvalue weighted by atomic mass is 16.5. The maximum absolute atomic E-state index is 12.7. The zero-order chi connectivity index (χ0) is 19.1. The Balaban J connectivity index is 2.14. The fourth-order valence-electron chi connectivity index (χ4n) is 2.68. The minimum Gasteiger partial charge on any atom is -0.494 e. The molecule has 0 aliphatic rings. The van der Waals surface area contributed by atoms with Crippen molar-refractivity contribution in [3.63, 3.8) is 0 Å². The van der Waals surface area contributed by atoms with E-state index in [2.05, 4.69) is 5.32 Å². The Kier molecular flexibility index (Phi) is 6.78. The average molecular weight is 355 g/mol. The quantitative estimate of drug-likeness (QED) is 0.753. The summed E-state index contributed by atoms with van der Waals surface area (Å²) >= 11 is 0. The Morgan fingerprint density at radius 3 is 2.23 bits per heavy atom. The van der Waals surface area contributed by atoms with Gasteiger partial charge in [0.05, 0.1) is 18.4 Å². The molecule has 2 aromatic carbocycles. The number of benzene rings is 2. The first-order valence-electron chi connectivity index (χ1n) is 8.72. The molecule has 5 nitrogen and oxygen atoms in total. The van der Waals surface area contributed by atoms with Crippen LogP contribution in [0.5, 0.6) is 5.75 Å². The van der Waals surface area contributed by atoms with Crippen LogP contribution in [0.25, 0.3) is 0 Å². The van der Waals surface area contributed by atoms with Crippen LogP contribution in [-0.4, -0.2) is 23.6 Å². The lowest BCUT2D eigenvalue weighted by molar-refractivity contribution is -0.145. The van der Waals surface area contributed by atoms with Crippen LogP contribution in [0.4, 0.5) is 5.69 Å². The normalized spacial score (nSPS) is 12.9. The van der Waals surface area contributed by atoms with Crippen LogP contribution in [0.1, 0.15) is 25.0 Å². The Labute approximate surface area is 154 Å². The molecule has 0 bridgehead atoms. The summed E-state index contributed by atoms with van der Waals surface area (Å²) in [5.74, 6) is -2.02. The lowest BCUT2D eigenvalue weighted by atomic mass is 9.87. The summed E-state index contributed by atoms with van der Waals surface area (Å²) in [5.41, 5.74) is 2.68. The number of aryl methyl sites for hydroxylation is 1. The monoisotopic (exact) mass is 355 g/mol. The van der Waals surface area contributed by atoms with Gasteiger partial charge in [0.15, 0.2) is 0 Å². The smallest absolute Gasteiger partial charge is 0.307 e. The Bertz CT molecular complexity index is 738. The van der Waals surface area contributed by atoms with E-state index in [1.54, 1.807) is 31.2 Å². The van der Waals surface area contributed by atoms with Crippen LogP contribution in [0.3, 0.4) is 0 Å². The van der Waals surface area contributed by atoms with E-state index < -0.39 is 17.8 Å². The molecule has 0 saturated carbocycles. The molecule has 2 aromatic rings. The van der Waals surface area contributed by atoms with Crippen LogP contribution < -0.4 is 10.1 Å². The van der Waals surface area contributed by atoms with Gasteiger partial charge < -0.3 is 15.2 Å². The van der Waals surface area contributed by atoms with E-state index >= 15 is 0 Å². The van der Waals surface area contributed by atoms with Gasteiger partial charge >= 0.3 is 5.97 Å². The zero-order valence-electron chi connectivity index (χ0n) is 15.4. The molecule has 0 aliphatic heterocycles. The SMILES string of the molecule is CCOc1ccc(NC(=O)[C@@H](Cc2ccc(C)cc2)[C@H](C)C(=O)O)cc1. The minimum absolute atomic E-state index is 0.301. The summed E-state index contributed by atoms with van der Waals surface area (Å²) in [6.07, 6.45) is 0.372. The lowest BCUT2D eigenvalue weighted by Crippen LogP contribution is -2.33. The van der Waals surface area contributed by atoms with Gasteiger partial charge in [0.2, 0.25) is 5.91 Å². The topological polar surface area (TPSA) is 75.6 Å². The molecule has 0 heterocycles. The van der Waals surface area contributed by atoms with Crippen LogP contribution >= 0.6 is 0 Å². The number of rotatable bonds is 8. The van der Waals surface area contributed by atoms with E-state index in [4.69, 9.17) is 4.74 Å². The number of carboxylic acid groups (broad SMARTS) is 1. The van der Waals surface area contributed by atoms with Crippen LogP contribution in [0.2, 0.25) is 0 Å². The highest BCUT2D eigenvalue weighted by Crippen LogP contribution is 2.22. The predicted octanol–water partition coefficient (Wildman–Crippen LogP) is 3.91.